The highest BCUT2D eigenvalue weighted by Crippen LogP contribution is 2.30. The van der Waals surface area contributed by atoms with Crippen molar-refractivity contribution in [3.8, 4) is 0 Å². The van der Waals surface area contributed by atoms with E-state index in [0.29, 0.717) is 12.8 Å². The highest BCUT2D eigenvalue weighted by molar-refractivity contribution is 5.98. The van der Waals surface area contributed by atoms with Gasteiger partial charge in [-0.25, -0.2) is 4.79 Å². The standard InChI is InChI=1S/C14H17N3O4/c1-15-12(19)10-5-4-9(8-16-10)11(18)17-14(13(20)21)6-2-3-7-14/h4-5,8H,2-3,6-7H2,1H3,(H,15,19)(H,17,18)(H,20,21). The molecule has 7 nitrogen and oxygen atoms in total. The molecule has 2 rings (SSSR count). The summed E-state index contributed by atoms with van der Waals surface area (Å²) >= 11 is 0. The molecule has 0 aromatic carbocycles. The molecular weight excluding hydrogens is 274 g/mol. The van der Waals surface area contributed by atoms with Crippen molar-refractivity contribution in [2.24, 2.45) is 0 Å². The van der Waals surface area contributed by atoms with Gasteiger partial charge in [0.1, 0.15) is 11.2 Å². The number of carboxylic acid groups (broad SMARTS) is 1. The first-order chi connectivity index (χ1) is 9.98. The maximum Gasteiger partial charge on any atom is 0.329 e. The van der Waals surface area contributed by atoms with E-state index >= 15 is 0 Å². The van der Waals surface area contributed by atoms with Crippen molar-refractivity contribution in [2.45, 2.75) is 31.2 Å². The van der Waals surface area contributed by atoms with Crippen LogP contribution in [0.5, 0.6) is 0 Å². The van der Waals surface area contributed by atoms with Gasteiger partial charge < -0.3 is 15.7 Å². The first-order valence-corrected chi connectivity index (χ1v) is 6.72. The Bertz CT molecular complexity index is 562. The number of hydrogen-bond donors (Lipinski definition) is 3. The molecule has 0 aliphatic heterocycles. The van der Waals surface area contributed by atoms with E-state index in [1.807, 2.05) is 0 Å². The molecule has 1 saturated carbocycles. The van der Waals surface area contributed by atoms with E-state index in [1.165, 1.54) is 25.4 Å². The second kappa shape index (κ2) is 5.90. The number of aromatic nitrogens is 1. The minimum atomic E-state index is -1.18. The first kappa shape index (κ1) is 15.0. The number of rotatable bonds is 4. The molecule has 7 heteroatoms. The van der Waals surface area contributed by atoms with Crippen LogP contribution < -0.4 is 10.6 Å². The molecule has 1 aromatic rings. The number of hydrogen-bond acceptors (Lipinski definition) is 4. The Morgan fingerprint density at radius 3 is 2.33 bits per heavy atom. The van der Waals surface area contributed by atoms with E-state index in [9.17, 15) is 19.5 Å². The Hall–Kier alpha value is -2.44. The number of carbonyl (C=O) groups is 3. The van der Waals surface area contributed by atoms with Gasteiger partial charge in [0.15, 0.2) is 0 Å². The second-order valence-electron chi connectivity index (χ2n) is 5.06. The van der Waals surface area contributed by atoms with Gasteiger partial charge in [0.2, 0.25) is 0 Å². The summed E-state index contributed by atoms with van der Waals surface area (Å²) < 4.78 is 0. The van der Waals surface area contributed by atoms with Crippen molar-refractivity contribution in [1.82, 2.24) is 15.6 Å². The van der Waals surface area contributed by atoms with Gasteiger partial charge in [-0.15, -0.1) is 0 Å². The zero-order valence-electron chi connectivity index (χ0n) is 11.7. The number of carbonyl (C=O) groups excluding carboxylic acids is 2. The average Bonchev–Trinajstić information content (AvgIpc) is 2.96. The SMILES string of the molecule is CNC(=O)c1ccc(C(=O)NC2(C(=O)O)CCCC2)cn1. The Balaban J connectivity index is 2.13. The number of nitrogens with one attached hydrogen (secondary N) is 2. The van der Waals surface area contributed by atoms with Crippen LogP contribution in [0.15, 0.2) is 18.3 Å². The van der Waals surface area contributed by atoms with Crippen LogP contribution in [0.25, 0.3) is 0 Å². The molecule has 1 aliphatic rings. The molecule has 1 aliphatic carbocycles. The zero-order valence-corrected chi connectivity index (χ0v) is 11.7. The van der Waals surface area contributed by atoms with Gasteiger partial charge in [-0.2, -0.15) is 0 Å². The quantitative estimate of drug-likeness (QED) is 0.751. The zero-order chi connectivity index (χ0) is 15.5. The van der Waals surface area contributed by atoms with Crippen LogP contribution in [0.3, 0.4) is 0 Å². The van der Waals surface area contributed by atoms with Crippen LogP contribution in [-0.2, 0) is 4.79 Å². The molecule has 0 unspecified atom stereocenters. The predicted octanol–water partition coefficient (Wildman–Crippen LogP) is 0.568. The number of carboxylic acids is 1. The fourth-order valence-electron chi connectivity index (χ4n) is 2.45. The van der Waals surface area contributed by atoms with Gasteiger partial charge in [-0.05, 0) is 25.0 Å². The van der Waals surface area contributed by atoms with Crippen molar-refractivity contribution in [3.05, 3.63) is 29.6 Å². The molecule has 1 aromatic heterocycles. The van der Waals surface area contributed by atoms with E-state index in [0.717, 1.165) is 12.8 Å². The monoisotopic (exact) mass is 291 g/mol. The van der Waals surface area contributed by atoms with Crippen molar-refractivity contribution in [2.75, 3.05) is 7.05 Å². The number of pyridine rings is 1. The summed E-state index contributed by atoms with van der Waals surface area (Å²) in [6.45, 7) is 0. The highest BCUT2D eigenvalue weighted by Gasteiger charge is 2.42. The molecule has 1 heterocycles. The van der Waals surface area contributed by atoms with Gasteiger partial charge in [0.05, 0.1) is 5.56 Å². The molecule has 0 atom stereocenters. The van der Waals surface area contributed by atoms with Gasteiger partial charge in [-0.3, -0.25) is 14.6 Å². The maximum absolute atomic E-state index is 12.1. The lowest BCUT2D eigenvalue weighted by molar-refractivity contribution is -0.144. The third kappa shape index (κ3) is 3.01. The van der Waals surface area contributed by atoms with Gasteiger partial charge >= 0.3 is 5.97 Å². The Morgan fingerprint density at radius 2 is 1.86 bits per heavy atom. The summed E-state index contributed by atoms with van der Waals surface area (Å²) in [7, 11) is 1.49. The average molecular weight is 291 g/mol. The van der Waals surface area contributed by atoms with E-state index in [2.05, 4.69) is 15.6 Å². The minimum Gasteiger partial charge on any atom is -0.480 e. The summed E-state index contributed by atoms with van der Waals surface area (Å²) in [4.78, 5) is 38.8. The van der Waals surface area contributed by atoms with Crippen LogP contribution >= 0.6 is 0 Å². The molecule has 2 amide bonds. The van der Waals surface area contributed by atoms with Crippen molar-refractivity contribution in [1.29, 1.82) is 0 Å². The van der Waals surface area contributed by atoms with Gasteiger partial charge in [0, 0.05) is 13.2 Å². The molecule has 0 saturated heterocycles. The molecule has 112 valence electrons. The van der Waals surface area contributed by atoms with E-state index in [-0.39, 0.29) is 17.2 Å². The van der Waals surface area contributed by atoms with Crippen LogP contribution in [0, 0.1) is 0 Å². The van der Waals surface area contributed by atoms with Crippen LogP contribution in [0.2, 0.25) is 0 Å². The van der Waals surface area contributed by atoms with Crippen molar-refractivity contribution < 1.29 is 19.5 Å². The van der Waals surface area contributed by atoms with E-state index in [4.69, 9.17) is 0 Å². The van der Waals surface area contributed by atoms with Crippen LogP contribution in [-0.4, -0.2) is 40.5 Å². The lowest BCUT2D eigenvalue weighted by atomic mass is 9.97. The fourth-order valence-corrected chi connectivity index (χ4v) is 2.45. The largest absolute Gasteiger partial charge is 0.480 e. The fraction of sp³-hybridized carbons (Fsp3) is 0.429. The lowest BCUT2D eigenvalue weighted by Crippen LogP contribution is -2.52. The molecule has 0 bridgehead atoms. The topological polar surface area (TPSA) is 108 Å². The molecule has 0 spiro atoms. The number of amides is 2. The first-order valence-electron chi connectivity index (χ1n) is 6.72. The van der Waals surface area contributed by atoms with Gasteiger partial charge in [-0.1, -0.05) is 12.8 Å². The Kier molecular flexibility index (Phi) is 4.21. The third-order valence-electron chi connectivity index (χ3n) is 3.70. The lowest BCUT2D eigenvalue weighted by Gasteiger charge is -2.25. The van der Waals surface area contributed by atoms with Crippen molar-refractivity contribution in [3.63, 3.8) is 0 Å². The van der Waals surface area contributed by atoms with Gasteiger partial charge in [0.25, 0.3) is 11.8 Å². The summed E-state index contributed by atoms with van der Waals surface area (Å²) in [5, 5.41) is 14.3. The molecule has 0 radical (unpaired) electrons. The van der Waals surface area contributed by atoms with Crippen LogP contribution in [0.1, 0.15) is 46.5 Å². The smallest absolute Gasteiger partial charge is 0.329 e. The highest BCUT2D eigenvalue weighted by atomic mass is 16.4. The molecule has 21 heavy (non-hydrogen) atoms. The molecule has 1 fully saturated rings. The number of nitrogens with zero attached hydrogens (tertiary/aromatic N) is 1. The molecular formula is C14H17N3O4. The summed E-state index contributed by atoms with van der Waals surface area (Å²) in [5.41, 5.74) is -0.755. The summed E-state index contributed by atoms with van der Waals surface area (Å²) in [5.74, 6) is -1.85. The Morgan fingerprint density at radius 1 is 1.19 bits per heavy atom. The molecule has 3 N–H and O–H groups in total. The minimum absolute atomic E-state index is 0.197. The van der Waals surface area contributed by atoms with E-state index in [1.54, 1.807) is 0 Å². The predicted molar refractivity (Wildman–Crippen MR) is 73.9 cm³/mol. The maximum atomic E-state index is 12.1. The summed E-state index contributed by atoms with van der Waals surface area (Å²) in [6.07, 6.45) is 3.68. The second-order valence-corrected chi connectivity index (χ2v) is 5.06. The van der Waals surface area contributed by atoms with Crippen LogP contribution in [0.4, 0.5) is 0 Å². The normalized spacial score (nSPS) is 16.2. The van der Waals surface area contributed by atoms with E-state index < -0.39 is 17.4 Å². The van der Waals surface area contributed by atoms with Crippen molar-refractivity contribution >= 4 is 17.8 Å². The Labute approximate surface area is 121 Å². The third-order valence-corrected chi connectivity index (χ3v) is 3.70. The summed E-state index contributed by atoms with van der Waals surface area (Å²) in [6, 6.07) is 2.88. The number of aliphatic carboxylic acids is 1.